The summed E-state index contributed by atoms with van der Waals surface area (Å²) in [6, 6.07) is 8.98. The Labute approximate surface area is 197 Å². The molecule has 1 aliphatic heterocycles. The number of amides is 4. The van der Waals surface area contributed by atoms with Crippen LogP contribution >= 0.6 is 22.6 Å². The quantitative estimate of drug-likeness (QED) is 0.317. The lowest BCUT2D eigenvalue weighted by Crippen LogP contribution is -2.54. The zero-order valence-electron chi connectivity index (χ0n) is 17.1. The number of hydrogen-bond acceptors (Lipinski definition) is 7. The van der Waals surface area contributed by atoms with Gasteiger partial charge in [0.05, 0.1) is 21.8 Å². The first-order valence-electron chi connectivity index (χ1n) is 9.48. The van der Waals surface area contributed by atoms with Crippen molar-refractivity contribution in [1.29, 1.82) is 0 Å². The highest BCUT2D eigenvalue weighted by atomic mass is 127. The Bertz CT molecular complexity index is 1130. The van der Waals surface area contributed by atoms with Gasteiger partial charge in [-0.05, 0) is 72.3 Å². The summed E-state index contributed by atoms with van der Waals surface area (Å²) in [4.78, 5) is 49.4. The number of nitrogens with zero attached hydrogens (tertiary/aromatic N) is 1. The van der Waals surface area contributed by atoms with Gasteiger partial charge in [0, 0.05) is 0 Å². The molecule has 9 nitrogen and oxygen atoms in total. The molecule has 0 saturated carbocycles. The van der Waals surface area contributed by atoms with Gasteiger partial charge < -0.3 is 19.4 Å². The van der Waals surface area contributed by atoms with E-state index in [4.69, 9.17) is 9.47 Å². The maximum atomic E-state index is 13.0. The van der Waals surface area contributed by atoms with Gasteiger partial charge in [0.15, 0.2) is 11.5 Å². The summed E-state index contributed by atoms with van der Waals surface area (Å²) >= 11 is 1.92. The van der Waals surface area contributed by atoms with E-state index >= 15 is 0 Å². The van der Waals surface area contributed by atoms with Gasteiger partial charge in [0.1, 0.15) is 12.2 Å². The average Bonchev–Trinajstić information content (AvgIpc) is 2.72. The first-order valence-corrected chi connectivity index (χ1v) is 10.6. The molecule has 0 atom stereocenters. The largest absolute Gasteiger partial charge is 0.546 e. The van der Waals surface area contributed by atoms with Crippen molar-refractivity contribution in [3.05, 3.63) is 56.7 Å². The van der Waals surface area contributed by atoms with Gasteiger partial charge in [0.2, 0.25) is 0 Å². The molecule has 32 heavy (non-hydrogen) atoms. The SMILES string of the molecule is CCOc1cc(/C=C2\C(=O)NC(=O)N(c3ccc(C)cc3)C2=O)cc(I)c1OCC(=O)[O-]. The van der Waals surface area contributed by atoms with Crippen LogP contribution in [0.2, 0.25) is 0 Å². The normalized spacial score (nSPS) is 15.0. The minimum atomic E-state index is -1.39. The number of carbonyl (C=O) groups excluding carboxylic acids is 4. The predicted octanol–water partition coefficient (Wildman–Crippen LogP) is 1.79. The van der Waals surface area contributed by atoms with Crippen LogP contribution in [0.4, 0.5) is 10.5 Å². The Morgan fingerprint density at radius 3 is 2.47 bits per heavy atom. The fourth-order valence-corrected chi connectivity index (χ4v) is 3.74. The number of urea groups is 1. The summed E-state index contributed by atoms with van der Waals surface area (Å²) in [5, 5.41) is 12.9. The van der Waals surface area contributed by atoms with Crippen molar-refractivity contribution in [3.8, 4) is 11.5 Å². The summed E-state index contributed by atoms with van der Waals surface area (Å²) in [6.45, 7) is 3.22. The number of barbiturate groups is 1. The Morgan fingerprint density at radius 1 is 1.16 bits per heavy atom. The summed E-state index contributed by atoms with van der Waals surface area (Å²) in [7, 11) is 0. The lowest BCUT2D eigenvalue weighted by molar-refractivity contribution is -0.307. The van der Waals surface area contributed by atoms with E-state index in [2.05, 4.69) is 5.32 Å². The predicted molar refractivity (Wildman–Crippen MR) is 121 cm³/mol. The number of imide groups is 2. The van der Waals surface area contributed by atoms with Crippen molar-refractivity contribution in [2.75, 3.05) is 18.1 Å². The number of nitrogens with one attached hydrogen (secondary N) is 1. The van der Waals surface area contributed by atoms with Crippen LogP contribution in [0, 0.1) is 10.5 Å². The average molecular weight is 549 g/mol. The summed E-state index contributed by atoms with van der Waals surface area (Å²) < 4.78 is 11.3. The highest BCUT2D eigenvalue weighted by Gasteiger charge is 2.36. The van der Waals surface area contributed by atoms with Crippen LogP contribution < -0.4 is 24.8 Å². The third-order valence-corrected chi connectivity index (χ3v) is 5.17. The maximum absolute atomic E-state index is 13.0. The van der Waals surface area contributed by atoms with Crippen molar-refractivity contribution in [3.63, 3.8) is 0 Å². The minimum absolute atomic E-state index is 0.203. The molecule has 2 aromatic carbocycles. The van der Waals surface area contributed by atoms with E-state index in [1.54, 1.807) is 37.3 Å². The Morgan fingerprint density at radius 2 is 1.84 bits per heavy atom. The standard InChI is InChI=1S/C22H19IN2O7/c1-3-31-17-10-13(9-16(23)19(17)32-11-18(26)27)8-15-20(28)24-22(30)25(21(15)29)14-6-4-12(2)5-7-14/h4-10H,3,11H2,1-2H3,(H,26,27)(H,24,28,30)/p-1/b15-8+. The fraction of sp³-hybridized carbons (Fsp3) is 0.182. The monoisotopic (exact) mass is 549 g/mol. The fourth-order valence-electron chi connectivity index (χ4n) is 2.96. The molecule has 1 saturated heterocycles. The second kappa shape index (κ2) is 9.81. The van der Waals surface area contributed by atoms with Gasteiger partial charge in [-0.3, -0.25) is 14.9 Å². The van der Waals surface area contributed by atoms with E-state index in [1.165, 1.54) is 12.1 Å². The molecule has 0 spiro atoms. The lowest BCUT2D eigenvalue weighted by Gasteiger charge is -2.26. The van der Waals surface area contributed by atoms with Crippen LogP contribution in [0.5, 0.6) is 11.5 Å². The van der Waals surface area contributed by atoms with E-state index in [9.17, 15) is 24.3 Å². The lowest BCUT2D eigenvalue weighted by atomic mass is 10.1. The second-order valence-corrected chi connectivity index (χ2v) is 7.88. The molecule has 1 fully saturated rings. The van der Waals surface area contributed by atoms with Crippen molar-refractivity contribution < 1.29 is 33.8 Å². The van der Waals surface area contributed by atoms with E-state index in [1.807, 2.05) is 29.5 Å². The molecule has 1 heterocycles. The molecule has 1 aliphatic rings. The van der Waals surface area contributed by atoms with Crippen LogP contribution in [-0.2, 0) is 14.4 Å². The highest BCUT2D eigenvalue weighted by Crippen LogP contribution is 2.35. The number of carboxylic acids is 1. The number of ether oxygens (including phenoxy) is 2. The van der Waals surface area contributed by atoms with Gasteiger partial charge >= 0.3 is 6.03 Å². The Kier molecular flexibility index (Phi) is 7.13. The van der Waals surface area contributed by atoms with Crippen molar-refractivity contribution in [2.45, 2.75) is 13.8 Å². The summed E-state index contributed by atoms with van der Waals surface area (Å²) in [6.07, 6.45) is 1.33. The van der Waals surface area contributed by atoms with Gasteiger partial charge in [-0.25, -0.2) is 9.69 Å². The van der Waals surface area contributed by atoms with Crippen LogP contribution in [0.3, 0.4) is 0 Å². The number of benzene rings is 2. The molecule has 3 rings (SSSR count). The number of hydrogen-bond donors (Lipinski definition) is 1. The Hall–Kier alpha value is -3.41. The van der Waals surface area contributed by atoms with E-state index in [0.717, 1.165) is 10.5 Å². The van der Waals surface area contributed by atoms with Crippen molar-refractivity contribution >= 4 is 58.2 Å². The van der Waals surface area contributed by atoms with E-state index in [-0.39, 0.29) is 23.7 Å². The van der Waals surface area contributed by atoms with E-state index in [0.29, 0.717) is 14.8 Å². The zero-order valence-corrected chi connectivity index (χ0v) is 19.3. The number of rotatable bonds is 7. The zero-order chi connectivity index (χ0) is 23.4. The first kappa shape index (κ1) is 23.3. The van der Waals surface area contributed by atoms with Crippen LogP contribution in [0.1, 0.15) is 18.1 Å². The molecule has 4 amide bonds. The Balaban J connectivity index is 2.00. The first-order chi connectivity index (χ1) is 15.2. The van der Waals surface area contributed by atoms with Gasteiger partial charge in [-0.1, -0.05) is 17.7 Å². The maximum Gasteiger partial charge on any atom is 0.335 e. The number of aryl methyl sites for hydroxylation is 1. The molecule has 0 bridgehead atoms. The molecule has 1 N–H and O–H groups in total. The number of carbonyl (C=O) groups is 4. The molecular formula is C22H18IN2O7-. The van der Waals surface area contributed by atoms with Crippen molar-refractivity contribution in [1.82, 2.24) is 5.32 Å². The molecule has 0 unspecified atom stereocenters. The molecule has 10 heteroatoms. The van der Waals surface area contributed by atoms with Crippen LogP contribution in [0.25, 0.3) is 6.08 Å². The molecule has 0 aromatic heterocycles. The third kappa shape index (κ3) is 5.07. The molecule has 166 valence electrons. The number of carboxylic acid groups (broad SMARTS) is 1. The minimum Gasteiger partial charge on any atom is -0.546 e. The van der Waals surface area contributed by atoms with Crippen LogP contribution in [0.15, 0.2) is 42.0 Å². The van der Waals surface area contributed by atoms with Crippen LogP contribution in [-0.4, -0.2) is 37.0 Å². The number of halogens is 1. The highest BCUT2D eigenvalue weighted by molar-refractivity contribution is 14.1. The summed E-state index contributed by atoms with van der Waals surface area (Å²) in [5.41, 5.74) is 1.46. The molecule has 2 aromatic rings. The van der Waals surface area contributed by atoms with Gasteiger partial charge in [-0.15, -0.1) is 0 Å². The molecule has 0 radical (unpaired) electrons. The van der Waals surface area contributed by atoms with E-state index < -0.39 is 30.4 Å². The smallest absolute Gasteiger partial charge is 0.335 e. The topological polar surface area (TPSA) is 125 Å². The number of aliphatic carboxylic acids is 1. The molecule has 0 aliphatic carbocycles. The summed E-state index contributed by atoms with van der Waals surface area (Å²) in [5.74, 6) is -2.54. The third-order valence-electron chi connectivity index (χ3n) is 4.37. The second-order valence-electron chi connectivity index (χ2n) is 6.72. The van der Waals surface area contributed by atoms with Gasteiger partial charge in [-0.2, -0.15) is 0 Å². The van der Waals surface area contributed by atoms with Gasteiger partial charge in [0.25, 0.3) is 11.8 Å². The molecular weight excluding hydrogens is 531 g/mol. The number of anilines is 1. The van der Waals surface area contributed by atoms with Crippen molar-refractivity contribution in [2.24, 2.45) is 0 Å².